The predicted molar refractivity (Wildman–Crippen MR) is 132 cm³/mol. The van der Waals surface area contributed by atoms with Gasteiger partial charge in [-0.3, -0.25) is 15.0 Å². The zero-order valence-corrected chi connectivity index (χ0v) is 20.4. The predicted octanol–water partition coefficient (Wildman–Crippen LogP) is 3.09. The standard InChI is InChI=1S/C24H26N6O4S/c1-3-34-22(32)19-15(2)25-24(35-19)28-23-26-20(29-9-11-33-12-10-29)17-13-18(31)30(21(17)27-23)14-16-7-5-4-6-8-16/h4-8H,3,9-14H2,1-2H3,(H,25,26,27,28). The van der Waals surface area contributed by atoms with Gasteiger partial charge in [0.15, 0.2) is 5.13 Å². The van der Waals surface area contributed by atoms with Crippen molar-refractivity contribution in [2.24, 2.45) is 0 Å². The van der Waals surface area contributed by atoms with Crippen LogP contribution in [0.3, 0.4) is 0 Å². The Morgan fingerprint density at radius 3 is 2.63 bits per heavy atom. The Morgan fingerprint density at radius 1 is 1.14 bits per heavy atom. The third kappa shape index (κ3) is 4.82. The maximum atomic E-state index is 13.1. The molecule has 0 bridgehead atoms. The highest BCUT2D eigenvalue weighted by Crippen LogP contribution is 2.37. The summed E-state index contributed by atoms with van der Waals surface area (Å²) in [6.07, 6.45) is 0.249. The highest BCUT2D eigenvalue weighted by atomic mass is 32.1. The molecule has 0 atom stereocenters. The van der Waals surface area contributed by atoms with Gasteiger partial charge in [0.2, 0.25) is 11.9 Å². The van der Waals surface area contributed by atoms with E-state index in [1.54, 1.807) is 18.7 Å². The molecule has 1 fully saturated rings. The molecule has 182 valence electrons. The van der Waals surface area contributed by atoms with Crippen LogP contribution in [-0.4, -0.2) is 59.7 Å². The van der Waals surface area contributed by atoms with E-state index in [-0.39, 0.29) is 12.3 Å². The van der Waals surface area contributed by atoms with Gasteiger partial charge in [0.05, 0.1) is 38.5 Å². The number of nitrogens with one attached hydrogen (secondary N) is 1. The van der Waals surface area contributed by atoms with Crippen LogP contribution in [0.25, 0.3) is 0 Å². The molecule has 3 aromatic rings. The number of amides is 1. The van der Waals surface area contributed by atoms with Crippen molar-refractivity contribution >= 4 is 45.9 Å². The molecule has 1 aromatic carbocycles. The van der Waals surface area contributed by atoms with Gasteiger partial charge < -0.3 is 14.4 Å². The molecule has 1 N–H and O–H groups in total. The molecule has 0 unspecified atom stereocenters. The van der Waals surface area contributed by atoms with E-state index in [4.69, 9.17) is 19.4 Å². The van der Waals surface area contributed by atoms with Crippen molar-refractivity contribution in [3.8, 4) is 0 Å². The Morgan fingerprint density at radius 2 is 1.89 bits per heavy atom. The fraction of sp³-hybridized carbons (Fsp3) is 0.375. The third-order valence-electron chi connectivity index (χ3n) is 5.82. The van der Waals surface area contributed by atoms with Gasteiger partial charge in [-0.15, -0.1) is 0 Å². The Kier molecular flexibility index (Phi) is 6.60. The van der Waals surface area contributed by atoms with Crippen LogP contribution in [0.4, 0.5) is 22.7 Å². The zero-order chi connectivity index (χ0) is 24.4. The summed E-state index contributed by atoms with van der Waals surface area (Å²) in [5, 5.41) is 3.64. The van der Waals surface area contributed by atoms with Crippen LogP contribution < -0.4 is 15.1 Å². The summed E-state index contributed by atoms with van der Waals surface area (Å²) in [5.41, 5.74) is 2.41. The summed E-state index contributed by atoms with van der Waals surface area (Å²) in [5.74, 6) is 1.22. The summed E-state index contributed by atoms with van der Waals surface area (Å²) >= 11 is 1.19. The van der Waals surface area contributed by atoms with Crippen LogP contribution in [0.1, 0.15) is 33.4 Å². The Bertz CT molecular complexity index is 1240. The van der Waals surface area contributed by atoms with E-state index < -0.39 is 5.97 Å². The fourth-order valence-corrected chi connectivity index (χ4v) is 5.01. The van der Waals surface area contributed by atoms with Crippen molar-refractivity contribution in [3.63, 3.8) is 0 Å². The highest BCUT2D eigenvalue weighted by molar-refractivity contribution is 7.17. The number of rotatable bonds is 7. The van der Waals surface area contributed by atoms with Crippen molar-refractivity contribution in [3.05, 3.63) is 52.0 Å². The number of hydrogen-bond donors (Lipinski definition) is 1. The van der Waals surface area contributed by atoms with E-state index in [1.807, 2.05) is 30.3 Å². The van der Waals surface area contributed by atoms with Gasteiger partial charge in [0.25, 0.3) is 0 Å². The lowest BCUT2D eigenvalue weighted by molar-refractivity contribution is -0.117. The number of benzene rings is 1. The molecule has 35 heavy (non-hydrogen) atoms. The fourth-order valence-electron chi connectivity index (χ4n) is 4.16. The number of thiazole rings is 1. The maximum Gasteiger partial charge on any atom is 0.350 e. The molecule has 1 saturated heterocycles. The molecule has 0 aliphatic carbocycles. The lowest BCUT2D eigenvalue weighted by Crippen LogP contribution is -2.37. The summed E-state index contributed by atoms with van der Waals surface area (Å²) in [6, 6.07) is 9.84. The quantitative estimate of drug-likeness (QED) is 0.496. The number of morpholine rings is 1. The van der Waals surface area contributed by atoms with E-state index in [0.717, 1.165) is 16.9 Å². The molecule has 11 heteroatoms. The highest BCUT2D eigenvalue weighted by Gasteiger charge is 2.34. The van der Waals surface area contributed by atoms with Crippen molar-refractivity contribution < 1.29 is 19.1 Å². The molecular weight excluding hydrogens is 468 g/mol. The second kappa shape index (κ2) is 9.96. The van der Waals surface area contributed by atoms with Crippen molar-refractivity contribution in [1.29, 1.82) is 0 Å². The third-order valence-corrected chi connectivity index (χ3v) is 6.87. The van der Waals surface area contributed by atoms with E-state index in [2.05, 4.69) is 15.2 Å². The van der Waals surface area contributed by atoms with Gasteiger partial charge in [-0.2, -0.15) is 9.97 Å². The molecule has 2 aliphatic heterocycles. The minimum Gasteiger partial charge on any atom is -0.462 e. The SMILES string of the molecule is CCOC(=O)c1sc(Nc2nc(N3CCOCC3)c3c(n2)N(Cc2ccccc2)C(=O)C3)nc1C. The maximum absolute atomic E-state index is 13.1. The number of anilines is 4. The monoisotopic (exact) mass is 494 g/mol. The molecule has 4 heterocycles. The Labute approximate surface area is 206 Å². The number of esters is 1. The van der Waals surface area contributed by atoms with Crippen LogP contribution in [0.2, 0.25) is 0 Å². The average Bonchev–Trinajstić information content (AvgIpc) is 3.39. The summed E-state index contributed by atoms with van der Waals surface area (Å²) in [7, 11) is 0. The number of ether oxygens (including phenoxy) is 2. The second-order valence-corrected chi connectivity index (χ2v) is 9.19. The zero-order valence-electron chi connectivity index (χ0n) is 19.6. The van der Waals surface area contributed by atoms with Crippen molar-refractivity contribution in [1.82, 2.24) is 15.0 Å². The van der Waals surface area contributed by atoms with Crippen LogP contribution in [0, 0.1) is 6.92 Å². The van der Waals surface area contributed by atoms with Gasteiger partial charge >= 0.3 is 5.97 Å². The topological polar surface area (TPSA) is 110 Å². The lowest BCUT2D eigenvalue weighted by atomic mass is 10.2. The second-order valence-electron chi connectivity index (χ2n) is 8.19. The number of hydrogen-bond acceptors (Lipinski definition) is 10. The van der Waals surface area contributed by atoms with Gasteiger partial charge in [-0.1, -0.05) is 41.7 Å². The number of aromatic nitrogens is 3. The van der Waals surface area contributed by atoms with Crippen LogP contribution >= 0.6 is 11.3 Å². The van der Waals surface area contributed by atoms with E-state index in [1.165, 1.54) is 11.3 Å². The van der Waals surface area contributed by atoms with Gasteiger partial charge in [-0.25, -0.2) is 9.78 Å². The number of carbonyl (C=O) groups is 2. The molecule has 0 saturated carbocycles. The summed E-state index contributed by atoms with van der Waals surface area (Å²) < 4.78 is 10.6. The lowest BCUT2D eigenvalue weighted by Gasteiger charge is -2.29. The van der Waals surface area contributed by atoms with Crippen molar-refractivity contribution in [2.75, 3.05) is 48.0 Å². The van der Waals surface area contributed by atoms with Crippen molar-refractivity contribution in [2.45, 2.75) is 26.8 Å². The van der Waals surface area contributed by atoms with E-state index in [0.29, 0.717) is 66.9 Å². The van der Waals surface area contributed by atoms with Gasteiger partial charge in [0.1, 0.15) is 16.5 Å². The summed E-state index contributed by atoms with van der Waals surface area (Å²) in [6.45, 7) is 6.79. The normalized spacial score (nSPS) is 15.3. The number of fused-ring (bicyclic) bond motifs is 1. The minimum absolute atomic E-state index is 0.0143. The first-order chi connectivity index (χ1) is 17.0. The largest absolute Gasteiger partial charge is 0.462 e. The van der Waals surface area contributed by atoms with E-state index in [9.17, 15) is 9.59 Å². The van der Waals surface area contributed by atoms with Crippen LogP contribution in [0.5, 0.6) is 0 Å². The smallest absolute Gasteiger partial charge is 0.350 e. The molecular formula is C24H26N6O4S. The minimum atomic E-state index is -0.404. The van der Waals surface area contributed by atoms with Gasteiger partial charge in [-0.05, 0) is 19.4 Å². The number of carbonyl (C=O) groups excluding carboxylic acids is 2. The summed E-state index contributed by atoms with van der Waals surface area (Å²) in [4.78, 5) is 43.5. The molecule has 0 spiro atoms. The Hall–Kier alpha value is -3.57. The molecule has 0 radical (unpaired) electrons. The van der Waals surface area contributed by atoms with Crippen LogP contribution in [0.15, 0.2) is 30.3 Å². The first-order valence-electron chi connectivity index (χ1n) is 11.5. The molecule has 2 aromatic heterocycles. The van der Waals surface area contributed by atoms with Gasteiger partial charge in [0, 0.05) is 18.7 Å². The first kappa shape index (κ1) is 23.2. The molecule has 1 amide bonds. The molecule has 10 nitrogen and oxygen atoms in total. The number of nitrogens with zero attached hydrogens (tertiary/aromatic N) is 5. The van der Waals surface area contributed by atoms with Crippen LogP contribution in [-0.2, 0) is 27.2 Å². The number of aryl methyl sites for hydroxylation is 1. The average molecular weight is 495 g/mol. The Balaban J connectivity index is 1.51. The van der Waals surface area contributed by atoms with E-state index >= 15 is 0 Å². The molecule has 5 rings (SSSR count). The first-order valence-corrected chi connectivity index (χ1v) is 12.3. The molecule has 2 aliphatic rings.